The van der Waals surface area contributed by atoms with Crippen LogP contribution in [0.4, 0.5) is 10.5 Å². The fourth-order valence-electron chi connectivity index (χ4n) is 3.37. The highest BCUT2D eigenvalue weighted by Gasteiger charge is 2.28. The molecule has 1 heterocycles. The summed E-state index contributed by atoms with van der Waals surface area (Å²) in [6, 6.07) is 12.8. The molecule has 0 unspecified atom stereocenters. The van der Waals surface area contributed by atoms with Gasteiger partial charge >= 0.3 is 12.1 Å². The van der Waals surface area contributed by atoms with Gasteiger partial charge in [-0.2, -0.15) is 5.26 Å². The van der Waals surface area contributed by atoms with Crippen molar-refractivity contribution in [2.24, 2.45) is 0 Å². The first-order chi connectivity index (χ1) is 16.6. The predicted octanol–water partition coefficient (Wildman–Crippen LogP) is 4.91. The molecule has 0 saturated heterocycles. The Bertz CT molecular complexity index is 1340. The van der Waals surface area contributed by atoms with Crippen molar-refractivity contribution in [2.75, 3.05) is 25.7 Å². The first-order valence-corrected chi connectivity index (χ1v) is 10.7. The van der Waals surface area contributed by atoms with Gasteiger partial charge in [-0.05, 0) is 44.4 Å². The van der Waals surface area contributed by atoms with Gasteiger partial charge in [-0.1, -0.05) is 24.8 Å². The second kappa shape index (κ2) is 10.2. The van der Waals surface area contributed by atoms with Crippen LogP contribution in [0.1, 0.15) is 31.4 Å². The number of anilines is 1. The summed E-state index contributed by atoms with van der Waals surface area (Å²) in [5.74, 6) is -0.318. The van der Waals surface area contributed by atoms with Crippen molar-refractivity contribution in [1.29, 1.82) is 5.26 Å². The number of methoxy groups -OCH3 is 2. The second-order valence-corrected chi connectivity index (χ2v) is 8.59. The number of carbonyl (C=O) groups is 2. The van der Waals surface area contributed by atoms with Crippen LogP contribution in [0.5, 0.6) is 5.75 Å². The quantitative estimate of drug-likeness (QED) is 0.365. The molecule has 9 heteroatoms. The Kier molecular flexibility index (Phi) is 7.35. The number of aromatic nitrogens is 2. The van der Waals surface area contributed by atoms with Crippen LogP contribution in [0.25, 0.3) is 22.0 Å². The molecule has 0 fully saturated rings. The molecule has 0 spiro atoms. The lowest BCUT2D eigenvalue weighted by Gasteiger charge is -2.29. The highest BCUT2D eigenvalue weighted by Crippen LogP contribution is 2.39. The van der Waals surface area contributed by atoms with E-state index in [9.17, 15) is 14.9 Å². The van der Waals surface area contributed by atoms with Gasteiger partial charge in [0, 0.05) is 22.7 Å². The number of hydrogen-bond acceptors (Lipinski definition) is 8. The van der Waals surface area contributed by atoms with Crippen LogP contribution in [0, 0.1) is 11.3 Å². The molecule has 0 aliphatic carbocycles. The van der Waals surface area contributed by atoms with E-state index in [-0.39, 0.29) is 17.9 Å². The van der Waals surface area contributed by atoms with Crippen molar-refractivity contribution in [3.8, 4) is 23.1 Å². The van der Waals surface area contributed by atoms with Crippen LogP contribution in [0.15, 0.2) is 54.7 Å². The molecular formula is C26H26N4O5. The highest BCUT2D eigenvalue weighted by molar-refractivity contribution is 6.06. The molecule has 0 aliphatic heterocycles. The van der Waals surface area contributed by atoms with Crippen molar-refractivity contribution in [2.45, 2.75) is 26.4 Å². The molecule has 0 N–H and O–H groups in total. The van der Waals surface area contributed by atoms with Gasteiger partial charge in [0.05, 0.1) is 38.2 Å². The molecule has 1 aromatic heterocycles. The Labute approximate surface area is 203 Å². The van der Waals surface area contributed by atoms with Crippen LogP contribution in [-0.4, -0.2) is 48.4 Å². The summed E-state index contributed by atoms with van der Waals surface area (Å²) in [6.07, 6.45) is 0.815. The van der Waals surface area contributed by atoms with Crippen LogP contribution in [-0.2, 0) is 9.47 Å². The average Bonchev–Trinajstić information content (AvgIpc) is 2.84. The van der Waals surface area contributed by atoms with Crippen molar-refractivity contribution in [3.05, 3.63) is 60.6 Å². The number of esters is 1. The molecule has 0 aliphatic rings. The predicted molar refractivity (Wildman–Crippen MR) is 131 cm³/mol. The lowest BCUT2D eigenvalue weighted by atomic mass is 10.0. The smallest absolute Gasteiger partial charge is 0.415 e. The number of ether oxygens (including phenoxy) is 3. The fraction of sp³-hybridized carbons (Fsp3) is 0.269. The van der Waals surface area contributed by atoms with Gasteiger partial charge in [0.15, 0.2) is 0 Å². The van der Waals surface area contributed by atoms with Gasteiger partial charge in [-0.15, -0.1) is 0 Å². The summed E-state index contributed by atoms with van der Waals surface area (Å²) >= 11 is 0. The Balaban J connectivity index is 2.24. The summed E-state index contributed by atoms with van der Waals surface area (Å²) in [5.41, 5.74) is 0.978. The third kappa shape index (κ3) is 5.73. The maximum Gasteiger partial charge on any atom is 0.415 e. The van der Waals surface area contributed by atoms with Gasteiger partial charge in [0.25, 0.3) is 0 Å². The minimum Gasteiger partial charge on any atom is -0.495 e. The molecule has 0 saturated carbocycles. The molecule has 3 aromatic rings. The number of fused-ring (bicyclic) bond motifs is 1. The summed E-state index contributed by atoms with van der Waals surface area (Å²) in [7, 11) is 2.75. The fourth-order valence-corrected chi connectivity index (χ4v) is 3.37. The van der Waals surface area contributed by atoms with Crippen molar-refractivity contribution in [3.63, 3.8) is 0 Å². The van der Waals surface area contributed by atoms with Crippen LogP contribution < -0.4 is 9.64 Å². The molecule has 0 atom stereocenters. The van der Waals surface area contributed by atoms with Gasteiger partial charge in [0.2, 0.25) is 5.82 Å². The molecule has 3 rings (SSSR count). The number of amides is 1. The minimum atomic E-state index is -0.766. The van der Waals surface area contributed by atoms with Crippen LogP contribution in [0.2, 0.25) is 0 Å². The Morgan fingerprint density at radius 3 is 2.49 bits per heavy atom. The van der Waals surface area contributed by atoms with Gasteiger partial charge in [-0.3, -0.25) is 4.90 Å². The summed E-state index contributed by atoms with van der Waals surface area (Å²) in [6.45, 7) is 8.92. The molecule has 180 valence electrons. The monoisotopic (exact) mass is 474 g/mol. The number of hydrogen-bond donors (Lipinski definition) is 0. The number of benzene rings is 2. The van der Waals surface area contributed by atoms with Gasteiger partial charge in [0.1, 0.15) is 11.4 Å². The maximum atomic E-state index is 13.3. The Morgan fingerprint density at radius 2 is 1.86 bits per heavy atom. The first kappa shape index (κ1) is 25.2. The topological polar surface area (TPSA) is 115 Å². The molecule has 1 amide bonds. The van der Waals surface area contributed by atoms with Crippen LogP contribution in [0.3, 0.4) is 0 Å². The molecule has 9 nitrogen and oxygen atoms in total. The van der Waals surface area contributed by atoms with E-state index < -0.39 is 17.7 Å². The van der Waals surface area contributed by atoms with E-state index >= 15 is 0 Å². The zero-order chi connectivity index (χ0) is 25.8. The number of nitrogens with zero attached hydrogens (tertiary/aromatic N) is 4. The molecular weight excluding hydrogens is 448 g/mol. The third-order valence-electron chi connectivity index (χ3n) is 4.89. The summed E-state index contributed by atoms with van der Waals surface area (Å²) in [5, 5.41) is 10.8. The Morgan fingerprint density at radius 1 is 1.14 bits per heavy atom. The van der Waals surface area contributed by atoms with E-state index in [0.717, 1.165) is 5.39 Å². The first-order valence-electron chi connectivity index (χ1n) is 10.7. The molecule has 0 radical (unpaired) electrons. The standard InChI is InChI=1S/C26H26N4O5/c1-16(14-27)15-30(25(32)35-26(2,3)4)22-19-13-18(8-7-17(19)9-10-21(22)33-5)20-11-12-28-23(29-20)24(31)34-6/h7-13H,1,15H2,2-6H3. The third-order valence-corrected chi connectivity index (χ3v) is 4.89. The normalized spacial score (nSPS) is 10.9. The number of nitriles is 1. The van der Waals surface area contributed by atoms with Crippen molar-refractivity contribution >= 4 is 28.5 Å². The van der Waals surface area contributed by atoms with E-state index in [1.807, 2.05) is 30.3 Å². The molecule has 0 bridgehead atoms. The number of carbonyl (C=O) groups excluding carboxylic acids is 2. The van der Waals surface area contributed by atoms with Gasteiger partial charge in [-0.25, -0.2) is 19.6 Å². The van der Waals surface area contributed by atoms with Crippen molar-refractivity contribution in [1.82, 2.24) is 9.97 Å². The maximum absolute atomic E-state index is 13.3. The zero-order valence-corrected chi connectivity index (χ0v) is 20.3. The minimum absolute atomic E-state index is 0.0725. The van der Waals surface area contributed by atoms with Crippen LogP contribution >= 0.6 is 0 Å². The van der Waals surface area contributed by atoms with E-state index in [1.54, 1.807) is 32.9 Å². The molecule has 2 aromatic carbocycles. The van der Waals surface area contributed by atoms with Gasteiger partial charge < -0.3 is 14.2 Å². The second-order valence-electron chi connectivity index (χ2n) is 8.59. The summed E-state index contributed by atoms with van der Waals surface area (Å²) in [4.78, 5) is 34.7. The summed E-state index contributed by atoms with van der Waals surface area (Å²) < 4.78 is 15.9. The lowest BCUT2D eigenvalue weighted by Crippen LogP contribution is -2.38. The average molecular weight is 475 g/mol. The van der Waals surface area contributed by atoms with E-state index in [1.165, 1.54) is 25.3 Å². The van der Waals surface area contributed by atoms with E-state index in [2.05, 4.69) is 16.5 Å². The number of rotatable bonds is 6. The zero-order valence-electron chi connectivity index (χ0n) is 20.3. The largest absolute Gasteiger partial charge is 0.495 e. The van der Waals surface area contributed by atoms with E-state index in [0.29, 0.717) is 28.1 Å². The van der Waals surface area contributed by atoms with E-state index in [4.69, 9.17) is 14.2 Å². The lowest BCUT2D eigenvalue weighted by molar-refractivity contribution is 0.0575. The molecule has 35 heavy (non-hydrogen) atoms. The Hall–Kier alpha value is -4.45. The van der Waals surface area contributed by atoms with Crippen molar-refractivity contribution < 1.29 is 23.8 Å². The SMILES string of the molecule is C=C(C#N)CN(C(=O)OC(C)(C)C)c1c(OC)ccc2ccc(-c3ccnc(C(=O)OC)n3)cc12. The highest BCUT2D eigenvalue weighted by atomic mass is 16.6.